The maximum Gasteiger partial charge on any atom is 0.371 e. The van der Waals surface area contributed by atoms with E-state index in [9.17, 15) is 4.57 Å². The van der Waals surface area contributed by atoms with Crippen LogP contribution in [0.5, 0.6) is 0 Å². The average Bonchev–Trinajstić information content (AvgIpc) is 2.55. The molecule has 0 amide bonds. The lowest BCUT2D eigenvalue weighted by atomic mass is 10.2. The quantitative estimate of drug-likeness (QED) is 0.833. The fraction of sp³-hybridized carbons (Fsp3) is 0.500. The van der Waals surface area contributed by atoms with Crippen molar-refractivity contribution in [3.05, 3.63) is 11.1 Å². The summed E-state index contributed by atoms with van der Waals surface area (Å²) in [6, 6.07) is 1.99. The number of rotatable bonds is 5. The summed E-state index contributed by atoms with van der Waals surface area (Å²) in [5, 5.41) is 9.29. The predicted molar refractivity (Wildman–Crippen MR) is 68.7 cm³/mol. The first-order valence-corrected chi connectivity index (χ1v) is 7.54. The minimum absolute atomic E-state index is 0.274. The lowest BCUT2D eigenvalue weighted by molar-refractivity contribution is 0.230. The van der Waals surface area contributed by atoms with Crippen LogP contribution in [0.15, 0.2) is 0 Å². The van der Waals surface area contributed by atoms with Gasteiger partial charge in [0.2, 0.25) is 0 Å². The number of hydrogen-bond acceptors (Lipinski definition) is 6. The smallest absolute Gasteiger partial charge is 0.371 e. The van der Waals surface area contributed by atoms with E-state index in [-0.39, 0.29) is 13.2 Å². The van der Waals surface area contributed by atoms with Gasteiger partial charge in [-0.25, -0.2) is 0 Å². The number of nitrogen functional groups attached to an aromatic ring is 1. The molecule has 17 heavy (non-hydrogen) atoms. The van der Waals surface area contributed by atoms with Crippen LogP contribution >= 0.6 is 18.9 Å². The van der Waals surface area contributed by atoms with Crippen LogP contribution in [-0.2, 0) is 13.6 Å². The Morgan fingerprint density at radius 3 is 2.29 bits per heavy atom. The summed E-state index contributed by atoms with van der Waals surface area (Å²) in [6.45, 7) is 5.73. The molecular formula is C10H15N2O3PS. The van der Waals surface area contributed by atoms with Gasteiger partial charge in [0, 0.05) is 0 Å². The van der Waals surface area contributed by atoms with Crippen molar-refractivity contribution in [1.29, 1.82) is 5.26 Å². The molecule has 5 nitrogen and oxygen atoms in total. The summed E-state index contributed by atoms with van der Waals surface area (Å²) in [6.07, 6.45) is 0. The third kappa shape index (κ3) is 2.70. The van der Waals surface area contributed by atoms with Crippen molar-refractivity contribution in [2.45, 2.75) is 20.8 Å². The topological polar surface area (TPSA) is 85.3 Å². The van der Waals surface area contributed by atoms with Crippen molar-refractivity contribution >= 4 is 28.6 Å². The molecule has 0 aliphatic heterocycles. The highest BCUT2D eigenvalue weighted by Crippen LogP contribution is 2.50. The van der Waals surface area contributed by atoms with Crippen molar-refractivity contribution in [3.63, 3.8) is 0 Å². The Hall–Kier alpha value is -0.860. The minimum atomic E-state index is -3.34. The van der Waals surface area contributed by atoms with Gasteiger partial charge in [0.05, 0.1) is 18.8 Å². The fourth-order valence-electron chi connectivity index (χ4n) is 1.42. The molecule has 0 atom stereocenters. The van der Waals surface area contributed by atoms with E-state index in [2.05, 4.69) is 0 Å². The zero-order chi connectivity index (χ0) is 13.1. The van der Waals surface area contributed by atoms with Gasteiger partial charge in [-0.15, -0.1) is 11.3 Å². The molecule has 1 heterocycles. The Kier molecular flexibility index (Phi) is 4.72. The molecule has 0 spiro atoms. The normalized spacial score (nSPS) is 11.4. The number of nitrogens with zero attached hydrogens (tertiary/aromatic N) is 1. The molecule has 0 aliphatic rings. The van der Waals surface area contributed by atoms with Crippen molar-refractivity contribution in [1.82, 2.24) is 0 Å². The Balaban J connectivity index is 3.30. The largest absolute Gasteiger partial charge is 0.389 e. The van der Waals surface area contributed by atoms with E-state index in [4.69, 9.17) is 20.0 Å². The van der Waals surface area contributed by atoms with E-state index in [1.54, 1.807) is 20.8 Å². The first-order valence-electron chi connectivity index (χ1n) is 5.18. The second-order valence-corrected chi connectivity index (χ2v) is 6.53. The van der Waals surface area contributed by atoms with Crippen molar-refractivity contribution < 1.29 is 13.6 Å². The first kappa shape index (κ1) is 14.2. The van der Waals surface area contributed by atoms with Gasteiger partial charge in [-0.1, -0.05) is 0 Å². The highest BCUT2D eigenvalue weighted by Gasteiger charge is 2.33. The van der Waals surface area contributed by atoms with Gasteiger partial charge in [-0.2, -0.15) is 5.26 Å². The average molecular weight is 274 g/mol. The maximum absolute atomic E-state index is 12.5. The van der Waals surface area contributed by atoms with Crippen LogP contribution in [0.4, 0.5) is 5.00 Å². The zero-order valence-electron chi connectivity index (χ0n) is 10.0. The van der Waals surface area contributed by atoms with Crippen LogP contribution in [0.2, 0.25) is 0 Å². The van der Waals surface area contributed by atoms with Gasteiger partial charge in [0.25, 0.3) is 0 Å². The highest BCUT2D eigenvalue weighted by atomic mass is 32.1. The lowest BCUT2D eigenvalue weighted by Crippen LogP contribution is -2.10. The molecular weight excluding hydrogens is 259 g/mol. The van der Waals surface area contributed by atoms with Gasteiger partial charge in [-0.05, 0) is 26.3 Å². The third-order valence-electron chi connectivity index (χ3n) is 2.11. The van der Waals surface area contributed by atoms with Crippen LogP contribution in [0, 0.1) is 18.3 Å². The number of nitriles is 1. The molecule has 0 saturated carbocycles. The highest BCUT2D eigenvalue weighted by molar-refractivity contribution is 7.69. The minimum Gasteiger partial charge on any atom is -0.389 e. The Morgan fingerprint density at radius 1 is 1.41 bits per heavy atom. The Bertz CT molecular complexity index is 482. The first-order chi connectivity index (χ1) is 8.00. The molecule has 0 unspecified atom stereocenters. The SMILES string of the molecule is CCOP(=O)(OCC)c1sc(N)c(C#N)c1C. The maximum atomic E-state index is 12.5. The number of nitrogens with two attached hydrogens (primary N) is 1. The summed E-state index contributed by atoms with van der Waals surface area (Å²) in [7, 11) is -3.34. The van der Waals surface area contributed by atoms with E-state index in [0.717, 1.165) is 11.3 Å². The zero-order valence-corrected chi connectivity index (χ0v) is 11.7. The van der Waals surface area contributed by atoms with Gasteiger partial charge in [0.1, 0.15) is 15.7 Å². The molecule has 94 valence electrons. The number of anilines is 1. The lowest BCUT2D eigenvalue weighted by Gasteiger charge is -2.16. The van der Waals surface area contributed by atoms with Gasteiger partial charge < -0.3 is 14.8 Å². The molecule has 0 saturated heterocycles. The van der Waals surface area contributed by atoms with Crippen LogP contribution in [0.1, 0.15) is 25.0 Å². The van der Waals surface area contributed by atoms with Crippen molar-refractivity contribution in [2.24, 2.45) is 0 Å². The molecule has 2 N–H and O–H groups in total. The van der Waals surface area contributed by atoms with E-state index in [0.29, 0.717) is 20.7 Å². The van der Waals surface area contributed by atoms with Crippen molar-refractivity contribution in [2.75, 3.05) is 18.9 Å². The second kappa shape index (κ2) is 5.65. The summed E-state index contributed by atoms with van der Waals surface area (Å²) < 4.78 is 23.4. The van der Waals surface area contributed by atoms with Crippen molar-refractivity contribution in [3.8, 4) is 6.07 Å². The fourth-order valence-corrected chi connectivity index (χ4v) is 4.75. The molecule has 1 aromatic heterocycles. The van der Waals surface area contributed by atoms with E-state index < -0.39 is 7.60 Å². The molecule has 0 bridgehead atoms. The third-order valence-corrected chi connectivity index (χ3v) is 6.00. The molecule has 0 aliphatic carbocycles. The molecule has 7 heteroatoms. The summed E-state index contributed by atoms with van der Waals surface area (Å²) in [5.41, 5.74) is 6.64. The molecule has 0 radical (unpaired) electrons. The Morgan fingerprint density at radius 2 is 1.94 bits per heavy atom. The predicted octanol–water partition coefficient (Wildman–Crippen LogP) is 2.40. The Labute approximate surface area is 105 Å². The van der Waals surface area contributed by atoms with Gasteiger partial charge in [-0.3, -0.25) is 4.57 Å². The van der Waals surface area contributed by atoms with Crippen LogP contribution in [0.3, 0.4) is 0 Å². The van der Waals surface area contributed by atoms with E-state index >= 15 is 0 Å². The summed E-state index contributed by atoms with van der Waals surface area (Å²) >= 11 is 1.09. The van der Waals surface area contributed by atoms with E-state index in [1.165, 1.54) is 0 Å². The monoisotopic (exact) mass is 274 g/mol. The number of thiophene rings is 1. The van der Waals surface area contributed by atoms with E-state index in [1.807, 2.05) is 6.07 Å². The van der Waals surface area contributed by atoms with Gasteiger partial charge in [0.15, 0.2) is 0 Å². The molecule has 1 aromatic rings. The van der Waals surface area contributed by atoms with Gasteiger partial charge >= 0.3 is 7.60 Å². The summed E-state index contributed by atoms with van der Waals surface area (Å²) in [5.74, 6) is 0. The van der Waals surface area contributed by atoms with Crippen LogP contribution in [-0.4, -0.2) is 13.2 Å². The molecule has 0 fully saturated rings. The summed E-state index contributed by atoms with van der Waals surface area (Å²) in [4.78, 5) is 0. The standard InChI is InChI=1S/C10H15N2O3PS/c1-4-14-16(13,15-5-2)10-7(3)8(6-11)9(12)17-10/h4-5,12H2,1-3H3. The molecule has 1 rings (SSSR count). The second-order valence-electron chi connectivity index (χ2n) is 3.22. The van der Waals surface area contributed by atoms with Crippen LogP contribution in [0.25, 0.3) is 0 Å². The molecule has 0 aromatic carbocycles. The number of hydrogen-bond donors (Lipinski definition) is 1. The van der Waals surface area contributed by atoms with Crippen LogP contribution < -0.4 is 10.4 Å².